The summed E-state index contributed by atoms with van der Waals surface area (Å²) in [5.41, 5.74) is 1.12. The number of carbonyl (C=O) groups excluding carboxylic acids is 1. The Morgan fingerprint density at radius 1 is 1.03 bits per heavy atom. The van der Waals surface area contributed by atoms with E-state index in [2.05, 4.69) is 14.9 Å². The molecule has 2 aromatic carbocycles. The molecule has 0 saturated carbocycles. The molecule has 1 amide bonds. The Balaban J connectivity index is 1.51. The highest BCUT2D eigenvalue weighted by atomic mass is 32.2. The predicted octanol–water partition coefficient (Wildman–Crippen LogP) is 2.59. The summed E-state index contributed by atoms with van der Waals surface area (Å²) in [6.45, 7) is 2.23. The van der Waals surface area contributed by atoms with Crippen molar-refractivity contribution in [2.75, 3.05) is 26.2 Å². The second kappa shape index (κ2) is 10.1. The van der Waals surface area contributed by atoms with E-state index in [4.69, 9.17) is 0 Å². The van der Waals surface area contributed by atoms with Gasteiger partial charge in [-0.1, -0.05) is 30.3 Å². The van der Waals surface area contributed by atoms with Crippen LogP contribution in [0.25, 0.3) is 0 Å². The molecular weight excluding hydrogens is 412 g/mol. The van der Waals surface area contributed by atoms with Crippen LogP contribution in [0.15, 0.2) is 53.4 Å². The van der Waals surface area contributed by atoms with Crippen LogP contribution in [-0.2, 0) is 14.8 Å². The van der Waals surface area contributed by atoms with Gasteiger partial charge in [-0.15, -0.1) is 0 Å². The minimum absolute atomic E-state index is 0.0651. The quantitative estimate of drug-likeness (QED) is 0.632. The first-order valence-electron chi connectivity index (χ1n) is 9.87. The van der Waals surface area contributed by atoms with Gasteiger partial charge < -0.3 is 5.32 Å². The SMILES string of the molecule is O=C(CCNS(=O)(=O)c1ccc(F)c(F)c1)NCC(c1ccccc1)N1CCCC1. The average molecular weight is 438 g/mol. The smallest absolute Gasteiger partial charge is 0.240 e. The summed E-state index contributed by atoms with van der Waals surface area (Å²) in [7, 11) is -4.03. The van der Waals surface area contributed by atoms with E-state index in [1.807, 2.05) is 30.3 Å². The van der Waals surface area contributed by atoms with Crippen molar-refractivity contribution in [3.8, 4) is 0 Å². The lowest BCUT2D eigenvalue weighted by Crippen LogP contribution is -2.38. The largest absolute Gasteiger partial charge is 0.354 e. The highest BCUT2D eigenvalue weighted by molar-refractivity contribution is 7.89. The minimum atomic E-state index is -4.03. The Morgan fingerprint density at radius 2 is 1.73 bits per heavy atom. The molecule has 1 fully saturated rings. The van der Waals surface area contributed by atoms with E-state index in [0.717, 1.165) is 43.6 Å². The van der Waals surface area contributed by atoms with E-state index in [9.17, 15) is 22.0 Å². The molecule has 2 aromatic rings. The summed E-state index contributed by atoms with van der Waals surface area (Å²) in [6.07, 6.45) is 2.19. The summed E-state index contributed by atoms with van der Waals surface area (Å²) in [6, 6.07) is 12.3. The molecule has 30 heavy (non-hydrogen) atoms. The molecule has 0 radical (unpaired) electrons. The van der Waals surface area contributed by atoms with E-state index >= 15 is 0 Å². The predicted molar refractivity (Wildman–Crippen MR) is 109 cm³/mol. The molecule has 1 atom stereocenters. The summed E-state index contributed by atoms with van der Waals surface area (Å²) in [5.74, 6) is -2.66. The number of likely N-dealkylation sites (tertiary alicyclic amines) is 1. The molecular formula is C21H25F2N3O3S. The van der Waals surface area contributed by atoms with Gasteiger partial charge in [-0.3, -0.25) is 9.69 Å². The van der Waals surface area contributed by atoms with Crippen LogP contribution >= 0.6 is 0 Å². The first-order valence-corrected chi connectivity index (χ1v) is 11.4. The van der Waals surface area contributed by atoms with Crippen molar-refractivity contribution in [1.29, 1.82) is 0 Å². The van der Waals surface area contributed by atoms with Crippen LogP contribution in [0.5, 0.6) is 0 Å². The van der Waals surface area contributed by atoms with Crippen LogP contribution in [-0.4, -0.2) is 45.4 Å². The van der Waals surface area contributed by atoms with Gasteiger partial charge in [-0.2, -0.15) is 0 Å². The summed E-state index contributed by atoms with van der Waals surface area (Å²) >= 11 is 0. The summed E-state index contributed by atoms with van der Waals surface area (Å²) in [5, 5.41) is 2.88. The number of sulfonamides is 1. The van der Waals surface area contributed by atoms with E-state index in [0.29, 0.717) is 12.6 Å². The Labute approximate surface area is 175 Å². The third-order valence-electron chi connectivity index (χ3n) is 5.10. The normalized spacial score (nSPS) is 15.8. The molecule has 1 heterocycles. The van der Waals surface area contributed by atoms with Crippen molar-refractivity contribution in [3.05, 3.63) is 65.7 Å². The molecule has 1 unspecified atom stereocenters. The molecule has 162 valence electrons. The van der Waals surface area contributed by atoms with Crippen molar-refractivity contribution in [3.63, 3.8) is 0 Å². The zero-order valence-corrected chi connectivity index (χ0v) is 17.3. The number of nitrogens with zero attached hydrogens (tertiary/aromatic N) is 1. The topological polar surface area (TPSA) is 78.5 Å². The molecule has 0 bridgehead atoms. The molecule has 3 rings (SSSR count). The van der Waals surface area contributed by atoms with Gasteiger partial charge in [0.15, 0.2) is 11.6 Å². The van der Waals surface area contributed by atoms with Gasteiger partial charge in [-0.25, -0.2) is 21.9 Å². The number of nitrogens with one attached hydrogen (secondary N) is 2. The molecule has 1 aliphatic rings. The van der Waals surface area contributed by atoms with Crippen molar-refractivity contribution in [2.24, 2.45) is 0 Å². The van der Waals surface area contributed by atoms with Crippen molar-refractivity contribution in [2.45, 2.75) is 30.2 Å². The van der Waals surface area contributed by atoms with Crippen LogP contribution in [0.3, 0.4) is 0 Å². The third kappa shape index (κ3) is 5.84. The van der Waals surface area contributed by atoms with E-state index in [1.54, 1.807) is 0 Å². The summed E-state index contributed by atoms with van der Waals surface area (Å²) in [4.78, 5) is 14.2. The standard InChI is InChI=1S/C21H25F2N3O3S/c22-18-9-8-17(14-19(18)23)30(28,29)25-11-10-21(27)24-15-20(26-12-4-5-13-26)16-6-2-1-3-7-16/h1-3,6-9,14,20,25H,4-5,10-13,15H2,(H,24,27). The number of hydrogen-bond acceptors (Lipinski definition) is 4. The monoisotopic (exact) mass is 437 g/mol. The fraction of sp³-hybridized carbons (Fsp3) is 0.381. The second-order valence-electron chi connectivity index (χ2n) is 7.20. The van der Waals surface area contributed by atoms with Gasteiger partial charge in [0.05, 0.1) is 10.9 Å². The van der Waals surface area contributed by atoms with Gasteiger partial charge in [0.1, 0.15) is 0 Å². The van der Waals surface area contributed by atoms with Crippen molar-refractivity contribution in [1.82, 2.24) is 14.9 Å². The zero-order valence-electron chi connectivity index (χ0n) is 16.5. The molecule has 1 saturated heterocycles. The van der Waals surface area contributed by atoms with Crippen LogP contribution in [0.1, 0.15) is 30.9 Å². The van der Waals surface area contributed by atoms with E-state index in [1.165, 1.54) is 0 Å². The first-order chi connectivity index (χ1) is 14.4. The van der Waals surface area contributed by atoms with Gasteiger partial charge in [0.25, 0.3) is 0 Å². The van der Waals surface area contributed by atoms with Crippen LogP contribution in [0, 0.1) is 11.6 Å². The Kier molecular flexibility index (Phi) is 7.52. The Hall–Kier alpha value is -2.36. The number of carbonyl (C=O) groups is 1. The molecule has 0 aromatic heterocycles. The Bertz CT molecular complexity index is 965. The second-order valence-corrected chi connectivity index (χ2v) is 8.96. The number of rotatable bonds is 9. The minimum Gasteiger partial charge on any atom is -0.354 e. The maximum absolute atomic E-state index is 13.3. The average Bonchev–Trinajstić information content (AvgIpc) is 3.25. The van der Waals surface area contributed by atoms with Gasteiger partial charge in [0.2, 0.25) is 15.9 Å². The molecule has 0 spiro atoms. The molecule has 1 aliphatic heterocycles. The fourth-order valence-electron chi connectivity index (χ4n) is 3.51. The fourth-order valence-corrected chi connectivity index (χ4v) is 4.55. The number of amides is 1. The first kappa shape index (κ1) is 22.3. The highest BCUT2D eigenvalue weighted by Gasteiger charge is 2.24. The van der Waals surface area contributed by atoms with Crippen LogP contribution < -0.4 is 10.0 Å². The molecule has 2 N–H and O–H groups in total. The lowest BCUT2D eigenvalue weighted by atomic mass is 10.1. The molecule has 9 heteroatoms. The molecule has 0 aliphatic carbocycles. The molecule has 6 nitrogen and oxygen atoms in total. The van der Waals surface area contributed by atoms with Gasteiger partial charge in [-0.05, 0) is 49.7 Å². The number of halogens is 2. The van der Waals surface area contributed by atoms with E-state index in [-0.39, 0.29) is 29.8 Å². The van der Waals surface area contributed by atoms with Crippen LogP contribution in [0.2, 0.25) is 0 Å². The number of hydrogen-bond donors (Lipinski definition) is 2. The Morgan fingerprint density at radius 3 is 2.40 bits per heavy atom. The third-order valence-corrected chi connectivity index (χ3v) is 6.56. The maximum atomic E-state index is 13.3. The van der Waals surface area contributed by atoms with Crippen LogP contribution in [0.4, 0.5) is 8.78 Å². The van der Waals surface area contributed by atoms with E-state index < -0.39 is 21.7 Å². The zero-order chi connectivity index (χ0) is 21.6. The van der Waals surface area contributed by atoms with Crippen molar-refractivity contribution >= 4 is 15.9 Å². The van der Waals surface area contributed by atoms with Crippen molar-refractivity contribution < 1.29 is 22.0 Å². The lowest BCUT2D eigenvalue weighted by Gasteiger charge is -2.28. The highest BCUT2D eigenvalue weighted by Crippen LogP contribution is 2.24. The van der Waals surface area contributed by atoms with Gasteiger partial charge >= 0.3 is 0 Å². The maximum Gasteiger partial charge on any atom is 0.240 e. The summed E-state index contributed by atoms with van der Waals surface area (Å²) < 4.78 is 52.8. The number of benzene rings is 2. The lowest BCUT2D eigenvalue weighted by molar-refractivity contribution is -0.121. The van der Waals surface area contributed by atoms with Gasteiger partial charge in [0, 0.05) is 19.5 Å².